The Morgan fingerprint density at radius 3 is 2.81 bits per heavy atom. The van der Waals surface area contributed by atoms with Crippen molar-refractivity contribution in [3.05, 3.63) is 47.7 Å². The molecule has 0 aliphatic carbocycles. The molecule has 0 amide bonds. The van der Waals surface area contributed by atoms with E-state index in [0.717, 1.165) is 27.4 Å². The van der Waals surface area contributed by atoms with Crippen LogP contribution in [0.5, 0.6) is 5.75 Å². The number of benzene rings is 1. The molecule has 0 saturated carbocycles. The van der Waals surface area contributed by atoms with E-state index in [-0.39, 0.29) is 12.4 Å². The summed E-state index contributed by atoms with van der Waals surface area (Å²) in [6.45, 7) is 8.16. The van der Waals surface area contributed by atoms with E-state index in [1.54, 1.807) is 0 Å². The average molecular weight is 369 g/mol. The summed E-state index contributed by atoms with van der Waals surface area (Å²) >= 11 is 0. The lowest BCUT2D eigenvalue weighted by Gasteiger charge is -2.18. The van der Waals surface area contributed by atoms with Crippen LogP contribution in [0.4, 0.5) is 0 Å². The van der Waals surface area contributed by atoms with Crippen molar-refractivity contribution >= 4 is 39.1 Å². The van der Waals surface area contributed by atoms with Gasteiger partial charge in [-0.15, -0.1) is 9.39 Å². The number of aromatic nitrogens is 1. The normalized spacial score (nSPS) is 15.2. The van der Waals surface area contributed by atoms with E-state index in [1.807, 2.05) is 37.3 Å². The topological polar surface area (TPSA) is 54.1 Å². The van der Waals surface area contributed by atoms with Crippen LogP contribution in [0.2, 0.25) is 0 Å². The number of carbonyl (C=O) groups excluding carboxylic acids is 1. The minimum Gasteiger partial charge on any atom is -0.486 e. The molecular formula is C21H24N2O2S. The number of carbonyl (C=O) groups is 1. The Kier molecular flexibility index (Phi) is 4.94. The zero-order valence-electron chi connectivity index (χ0n) is 15.2. The first-order chi connectivity index (χ1) is 12.4. The highest BCUT2D eigenvalue weighted by Crippen LogP contribution is 2.44. The van der Waals surface area contributed by atoms with Crippen LogP contribution in [0.25, 0.3) is 23.4 Å². The van der Waals surface area contributed by atoms with Crippen LogP contribution < -0.4 is 9.46 Å². The molecule has 1 aliphatic heterocycles. The van der Waals surface area contributed by atoms with Crippen LogP contribution in [0.3, 0.4) is 0 Å². The van der Waals surface area contributed by atoms with Crippen molar-refractivity contribution in [2.45, 2.75) is 25.3 Å². The van der Waals surface area contributed by atoms with E-state index >= 15 is 0 Å². The third-order valence-corrected chi connectivity index (χ3v) is 6.20. The Morgan fingerprint density at radius 1 is 1.38 bits per heavy atom. The van der Waals surface area contributed by atoms with Gasteiger partial charge in [-0.25, -0.2) is 0 Å². The molecule has 3 rings (SSSR count). The lowest BCUT2D eigenvalue weighted by molar-refractivity contribution is -0.118. The van der Waals surface area contributed by atoms with Crippen molar-refractivity contribution in [1.29, 1.82) is 0 Å². The molecule has 1 aromatic heterocycles. The molecule has 2 heterocycles. The highest BCUT2D eigenvalue weighted by atomic mass is 32.2. The van der Waals surface area contributed by atoms with Crippen LogP contribution in [0.1, 0.15) is 30.7 Å². The van der Waals surface area contributed by atoms with E-state index in [4.69, 9.17) is 4.74 Å². The number of H-pyrrole nitrogens is 1. The number of hydrogen-bond donors (Lipinski definition) is 2. The molecule has 1 aliphatic rings. The standard InChI is InChI=1S/C21H24N2O2S/c1-6-8-16-18-12-22-26(4,5)20-11-15(25-13-14(3)24)9-10-17(20)21(18)23-19(16)7-2/h6-11,22-23H,2,4-5,12-13H2,1,3H3/b8-6-. The average Bonchev–Trinajstić information content (AvgIpc) is 2.90. The second-order valence-corrected chi connectivity index (χ2v) is 8.86. The van der Waals surface area contributed by atoms with Crippen molar-refractivity contribution in [2.75, 3.05) is 6.61 Å². The predicted molar refractivity (Wildman–Crippen MR) is 114 cm³/mol. The Labute approximate surface area is 155 Å². The number of fused-ring (bicyclic) bond motifs is 3. The zero-order chi connectivity index (χ0) is 18.9. The van der Waals surface area contributed by atoms with Gasteiger partial charge >= 0.3 is 0 Å². The monoisotopic (exact) mass is 368 g/mol. The molecule has 0 fully saturated rings. The Balaban J connectivity index is 2.20. The fraction of sp³-hybridized carbons (Fsp3) is 0.190. The lowest BCUT2D eigenvalue weighted by Crippen LogP contribution is -2.09. The van der Waals surface area contributed by atoms with Crippen molar-refractivity contribution in [3.63, 3.8) is 0 Å². The van der Waals surface area contributed by atoms with Crippen molar-refractivity contribution in [3.8, 4) is 17.0 Å². The first-order valence-corrected chi connectivity index (χ1v) is 10.3. The molecule has 0 radical (unpaired) electrons. The van der Waals surface area contributed by atoms with Gasteiger partial charge in [-0.1, -0.05) is 30.5 Å². The van der Waals surface area contributed by atoms with Gasteiger partial charge in [0.1, 0.15) is 12.4 Å². The third kappa shape index (κ3) is 3.28. The lowest BCUT2D eigenvalue weighted by atomic mass is 10.0. The molecule has 5 heteroatoms. The molecule has 2 N–H and O–H groups in total. The van der Waals surface area contributed by atoms with Gasteiger partial charge in [0.05, 0.1) is 5.69 Å². The summed E-state index contributed by atoms with van der Waals surface area (Å²) in [4.78, 5) is 15.7. The third-order valence-electron chi connectivity index (χ3n) is 4.32. The second kappa shape index (κ2) is 7.02. The van der Waals surface area contributed by atoms with E-state index in [2.05, 4.69) is 34.1 Å². The van der Waals surface area contributed by atoms with E-state index in [0.29, 0.717) is 12.3 Å². The molecule has 1 aromatic carbocycles. The zero-order valence-corrected chi connectivity index (χ0v) is 16.0. The molecule has 0 bridgehead atoms. The predicted octanol–water partition coefficient (Wildman–Crippen LogP) is 4.37. The summed E-state index contributed by atoms with van der Waals surface area (Å²) in [5, 5.41) is 0. The van der Waals surface area contributed by atoms with E-state index in [1.165, 1.54) is 12.5 Å². The quantitative estimate of drug-likeness (QED) is 0.771. The van der Waals surface area contributed by atoms with Crippen molar-refractivity contribution < 1.29 is 9.53 Å². The van der Waals surface area contributed by atoms with Gasteiger partial charge in [0.15, 0.2) is 5.78 Å². The van der Waals surface area contributed by atoms with Gasteiger partial charge in [-0.3, -0.25) is 9.52 Å². The maximum absolute atomic E-state index is 11.2. The number of ketones is 1. The molecule has 0 saturated heterocycles. The Bertz CT molecular complexity index is 1010. The SMILES string of the molecule is C=Cc1[nH]c2c(c1/C=C\C)CNS(=C)(=C)c1cc(OCC(C)=O)ccc1-2. The minimum atomic E-state index is -1.71. The van der Waals surface area contributed by atoms with Gasteiger partial charge < -0.3 is 9.72 Å². The van der Waals surface area contributed by atoms with Gasteiger partial charge in [0, 0.05) is 33.8 Å². The minimum absolute atomic E-state index is 0.0146. The molecule has 0 unspecified atom stereocenters. The first kappa shape index (κ1) is 18.3. The van der Waals surface area contributed by atoms with E-state index < -0.39 is 9.39 Å². The smallest absolute Gasteiger partial charge is 0.167 e. The number of Topliss-reactive ketones (excluding diaryl/α,β-unsaturated/α-hetero) is 1. The molecule has 136 valence electrons. The number of allylic oxidation sites excluding steroid dienone is 1. The number of ether oxygens (including phenoxy) is 1. The van der Waals surface area contributed by atoms with Crippen LogP contribution >= 0.6 is 9.39 Å². The Morgan fingerprint density at radius 2 is 2.15 bits per heavy atom. The van der Waals surface area contributed by atoms with Gasteiger partial charge in [-0.05, 0) is 38.1 Å². The second-order valence-electron chi connectivity index (χ2n) is 6.36. The maximum Gasteiger partial charge on any atom is 0.167 e. The molecule has 0 spiro atoms. The summed E-state index contributed by atoms with van der Waals surface area (Å²) in [6, 6.07) is 5.84. The fourth-order valence-corrected chi connectivity index (χ4v) is 4.61. The van der Waals surface area contributed by atoms with Crippen LogP contribution in [-0.2, 0) is 11.3 Å². The molecular weight excluding hydrogens is 344 g/mol. The van der Waals surface area contributed by atoms with Gasteiger partial charge in [0.2, 0.25) is 0 Å². The van der Waals surface area contributed by atoms with Crippen LogP contribution in [0.15, 0.2) is 35.7 Å². The van der Waals surface area contributed by atoms with E-state index in [9.17, 15) is 4.79 Å². The van der Waals surface area contributed by atoms with Crippen LogP contribution in [-0.4, -0.2) is 29.1 Å². The summed E-state index contributed by atoms with van der Waals surface area (Å²) in [7, 11) is -1.71. The summed E-state index contributed by atoms with van der Waals surface area (Å²) in [6.07, 6.45) is 5.95. The number of hydrogen-bond acceptors (Lipinski definition) is 3. The summed E-state index contributed by atoms with van der Waals surface area (Å²) < 4.78 is 9.10. The number of nitrogens with one attached hydrogen (secondary N) is 2. The molecule has 26 heavy (non-hydrogen) atoms. The molecule has 4 nitrogen and oxygen atoms in total. The van der Waals surface area contributed by atoms with Gasteiger partial charge in [0.25, 0.3) is 0 Å². The highest BCUT2D eigenvalue weighted by Gasteiger charge is 2.23. The summed E-state index contributed by atoms with van der Waals surface area (Å²) in [5.74, 6) is 9.30. The first-order valence-electron chi connectivity index (χ1n) is 8.38. The summed E-state index contributed by atoms with van der Waals surface area (Å²) in [5.41, 5.74) is 5.41. The van der Waals surface area contributed by atoms with Crippen LogP contribution in [0, 0.1) is 0 Å². The molecule has 2 aromatic rings. The Hall–Kier alpha value is -2.50. The fourth-order valence-electron chi connectivity index (χ4n) is 3.10. The van der Waals surface area contributed by atoms with Crippen molar-refractivity contribution in [2.24, 2.45) is 0 Å². The maximum atomic E-state index is 11.2. The largest absolute Gasteiger partial charge is 0.486 e. The molecule has 0 atom stereocenters. The highest BCUT2D eigenvalue weighted by molar-refractivity contribution is 8.26. The van der Waals surface area contributed by atoms with Gasteiger partial charge in [-0.2, -0.15) is 0 Å². The number of aromatic amines is 1. The number of rotatable bonds is 5. The van der Waals surface area contributed by atoms with Crippen molar-refractivity contribution in [1.82, 2.24) is 9.71 Å².